The van der Waals surface area contributed by atoms with Gasteiger partial charge in [0.2, 0.25) is 5.91 Å². The lowest BCUT2D eigenvalue weighted by Gasteiger charge is -2.21. The third-order valence-electron chi connectivity index (χ3n) is 4.43. The van der Waals surface area contributed by atoms with Gasteiger partial charge in [0, 0.05) is 11.9 Å². The first kappa shape index (κ1) is 21.8. The second-order valence-corrected chi connectivity index (χ2v) is 6.91. The molecule has 0 fully saturated rings. The van der Waals surface area contributed by atoms with Gasteiger partial charge in [-0.05, 0) is 38.5 Å². The summed E-state index contributed by atoms with van der Waals surface area (Å²) in [7, 11) is 0. The molecule has 0 aliphatic heterocycles. The Bertz CT molecular complexity index is 936. The molecule has 10 heteroatoms. The molecule has 0 radical (unpaired) electrons. The van der Waals surface area contributed by atoms with Crippen molar-refractivity contribution in [2.75, 3.05) is 6.54 Å². The van der Waals surface area contributed by atoms with Gasteiger partial charge >= 0.3 is 6.18 Å². The molecule has 0 saturated heterocycles. The summed E-state index contributed by atoms with van der Waals surface area (Å²) < 4.78 is 39.7. The van der Waals surface area contributed by atoms with Gasteiger partial charge in [-0.3, -0.25) is 9.59 Å². The number of nitrogens with zero attached hydrogens (tertiary/aromatic N) is 2. The van der Waals surface area contributed by atoms with Gasteiger partial charge in [-0.25, -0.2) is 4.68 Å². The number of fused-ring (bicyclic) bond motifs is 1. The van der Waals surface area contributed by atoms with Crippen LogP contribution >= 0.6 is 0 Å². The van der Waals surface area contributed by atoms with Crippen molar-refractivity contribution in [3.05, 3.63) is 39.8 Å². The van der Waals surface area contributed by atoms with Gasteiger partial charge in [0.05, 0.1) is 28.3 Å². The van der Waals surface area contributed by atoms with Crippen LogP contribution in [0.4, 0.5) is 13.2 Å². The van der Waals surface area contributed by atoms with Gasteiger partial charge < -0.3 is 15.5 Å². The zero-order valence-corrected chi connectivity index (χ0v) is 15.7. The average Bonchev–Trinajstić information content (AvgIpc) is 2.61. The minimum atomic E-state index is -4.62. The smallest absolute Gasteiger partial charge is 0.388 e. The molecule has 3 N–H and O–H groups in total. The van der Waals surface area contributed by atoms with Crippen molar-refractivity contribution >= 4 is 16.7 Å². The van der Waals surface area contributed by atoms with E-state index in [0.717, 1.165) is 22.9 Å². The fourth-order valence-corrected chi connectivity index (χ4v) is 2.51. The highest BCUT2D eigenvalue weighted by atomic mass is 19.4. The van der Waals surface area contributed by atoms with Crippen LogP contribution in [-0.2, 0) is 17.5 Å². The maximum absolute atomic E-state index is 13.0. The highest BCUT2D eigenvalue weighted by Crippen LogP contribution is 2.32. The first-order valence-corrected chi connectivity index (χ1v) is 8.65. The highest BCUT2D eigenvalue weighted by molar-refractivity contribution is 5.85. The van der Waals surface area contributed by atoms with Crippen molar-refractivity contribution in [3.8, 4) is 0 Å². The number of nitrogens with one attached hydrogen (secondary N) is 1. The van der Waals surface area contributed by atoms with Crippen LogP contribution in [0.25, 0.3) is 10.8 Å². The summed E-state index contributed by atoms with van der Waals surface area (Å²) in [5, 5.41) is 26.0. The standard InChI is InChI=1S/C18H22F3N3O4/c1-4-17(3,28)9-22-14(26)8-24-16(27)12-6-5-11(18(19,20)21)7-13(12)15(23-24)10(2)25/h5-7,10,25,28H,4,8-9H2,1-3H3,(H,22,26). The molecule has 2 unspecified atom stereocenters. The lowest BCUT2D eigenvalue weighted by molar-refractivity contribution is -0.137. The number of carbonyl (C=O) groups excluding carboxylic acids is 1. The molecule has 154 valence electrons. The number of aromatic nitrogens is 2. The van der Waals surface area contributed by atoms with Gasteiger partial charge in [0.1, 0.15) is 6.54 Å². The number of amides is 1. The molecule has 2 atom stereocenters. The van der Waals surface area contributed by atoms with Crippen molar-refractivity contribution in [2.45, 2.75) is 51.6 Å². The second-order valence-electron chi connectivity index (χ2n) is 6.91. The summed E-state index contributed by atoms with van der Waals surface area (Å²) in [6.07, 6.45) is -5.48. The van der Waals surface area contributed by atoms with E-state index >= 15 is 0 Å². The maximum atomic E-state index is 13.0. The third kappa shape index (κ3) is 4.87. The lowest BCUT2D eigenvalue weighted by atomic mass is 10.0. The molecule has 0 spiro atoms. The highest BCUT2D eigenvalue weighted by Gasteiger charge is 2.31. The second kappa shape index (κ2) is 7.88. The summed E-state index contributed by atoms with van der Waals surface area (Å²) in [6, 6.07) is 2.53. The molecule has 0 saturated carbocycles. The van der Waals surface area contributed by atoms with Crippen LogP contribution < -0.4 is 10.9 Å². The van der Waals surface area contributed by atoms with Crippen molar-refractivity contribution < 1.29 is 28.2 Å². The monoisotopic (exact) mass is 401 g/mol. The number of aliphatic hydroxyl groups is 2. The number of rotatable bonds is 6. The average molecular weight is 401 g/mol. The Balaban J connectivity index is 2.44. The fraction of sp³-hybridized carbons (Fsp3) is 0.500. The maximum Gasteiger partial charge on any atom is 0.416 e. The molecule has 7 nitrogen and oxygen atoms in total. The predicted octanol–water partition coefficient (Wildman–Crippen LogP) is 1.75. The van der Waals surface area contributed by atoms with Crippen molar-refractivity contribution in [2.24, 2.45) is 0 Å². The topological polar surface area (TPSA) is 104 Å². The van der Waals surface area contributed by atoms with Crippen molar-refractivity contribution in [3.63, 3.8) is 0 Å². The fourth-order valence-electron chi connectivity index (χ4n) is 2.51. The number of hydrogen-bond donors (Lipinski definition) is 3. The molecule has 1 aromatic heterocycles. The Morgan fingerprint density at radius 3 is 2.50 bits per heavy atom. The summed E-state index contributed by atoms with van der Waals surface area (Å²) in [5.74, 6) is -0.605. The van der Waals surface area contributed by atoms with Gasteiger partial charge in [0.15, 0.2) is 0 Å². The van der Waals surface area contributed by atoms with E-state index in [1.165, 1.54) is 13.8 Å². The van der Waals surface area contributed by atoms with Gasteiger partial charge in [-0.1, -0.05) is 6.92 Å². The van der Waals surface area contributed by atoms with E-state index in [0.29, 0.717) is 6.42 Å². The minimum Gasteiger partial charge on any atom is -0.388 e. The molecule has 0 aliphatic carbocycles. The number of benzene rings is 1. The molecular weight excluding hydrogens is 379 g/mol. The van der Waals surface area contributed by atoms with Crippen LogP contribution in [0.5, 0.6) is 0 Å². The predicted molar refractivity (Wildman–Crippen MR) is 95.6 cm³/mol. The molecule has 1 aromatic carbocycles. The van der Waals surface area contributed by atoms with Gasteiger partial charge in [-0.15, -0.1) is 0 Å². The first-order chi connectivity index (χ1) is 12.9. The van der Waals surface area contributed by atoms with E-state index in [9.17, 15) is 33.0 Å². The molecule has 1 amide bonds. The Kier molecular flexibility index (Phi) is 6.15. The number of carbonyl (C=O) groups is 1. The van der Waals surface area contributed by atoms with E-state index in [2.05, 4.69) is 10.4 Å². The molecule has 2 aromatic rings. The third-order valence-corrected chi connectivity index (χ3v) is 4.43. The Labute approximate surface area is 158 Å². The lowest BCUT2D eigenvalue weighted by Crippen LogP contribution is -2.42. The van der Waals surface area contributed by atoms with Crippen LogP contribution in [0.15, 0.2) is 23.0 Å². The van der Waals surface area contributed by atoms with E-state index in [4.69, 9.17) is 0 Å². The normalized spacial score (nSPS) is 15.3. The SMILES string of the molecule is CCC(C)(O)CNC(=O)Cn1nc(C(C)O)c2cc(C(F)(F)F)ccc2c1=O. The molecule has 0 aliphatic rings. The van der Waals surface area contributed by atoms with E-state index in [1.807, 2.05) is 0 Å². The molecule has 2 rings (SSSR count). The number of halogens is 3. The van der Waals surface area contributed by atoms with Crippen LogP contribution in [0, 0.1) is 0 Å². The Hall–Kier alpha value is -2.46. The number of aliphatic hydroxyl groups excluding tert-OH is 1. The van der Waals surface area contributed by atoms with E-state index < -0.39 is 41.5 Å². The molecule has 0 bridgehead atoms. The van der Waals surface area contributed by atoms with Crippen LogP contribution in [0.3, 0.4) is 0 Å². The van der Waals surface area contributed by atoms with E-state index in [1.54, 1.807) is 6.92 Å². The van der Waals surface area contributed by atoms with Gasteiger partial charge in [0.25, 0.3) is 5.56 Å². The van der Waals surface area contributed by atoms with Crippen LogP contribution in [-0.4, -0.2) is 38.0 Å². The summed E-state index contributed by atoms with van der Waals surface area (Å²) in [5.41, 5.74) is -2.99. The Morgan fingerprint density at radius 2 is 1.96 bits per heavy atom. The molecule has 1 heterocycles. The van der Waals surface area contributed by atoms with Crippen LogP contribution in [0.2, 0.25) is 0 Å². The van der Waals surface area contributed by atoms with Crippen molar-refractivity contribution in [1.82, 2.24) is 15.1 Å². The number of alkyl halides is 3. The molecular formula is C18H22F3N3O4. The van der Waals surface area contributed by atoms with Crippen molar-refractivity contribution in [1.29, 1.82) is 0 Å². The quantitative estimate of drug-likeness (QED) is 0.684. The van der Waals surface area contributed by atoms with E-state index in [-0.39, 0.29) is 23.0 Å². The minimum absolute atomic E-state index is 0.0388. The summed E-state index contributed by atoms with van der Waals surface area (Å²) in [4.78, 5) is 24.7. The zero-order chi connectivity index (χ0) is 21.3. The zero-order valence-electron chi connectivity index (χ0n) is 15.7. The summed E-state index contributed by atoms with van der Waals surface area (Å²) >= 11 is 0. The Morgan fingerprint density at radius 1 is 1.32 bits per heavy atom. The van der Waals surface area contributed by atoms with Gasteiger partial charge in [-0.2, -0.15) is 18.3 Å². The first-order valence-electron chi connectivity index (χ1n) is 8.65. The number of hydrogen-bond acceptors (Lipinski definition) is 5. The molecule has 28 heavy (non-hydrogen) atoms. The largest absolute Gasteiger partial charge is 0.416 e. The summed E-state index contributed by atoms with van der Waals surface area (Å²) in [6.45, 7) is 4.04. The van der Waals surface area contributed by atoms with Crippen LogP contribution in [0.1, 0.15) is 44.6 Å².